The van der Waals surface area contributed by atoms with Crippen LogP contribution in [0.2, 0.25) is 0 Å². The van der Waals surface area contributed by atoms with Gasteiger partial charge in [-0.1, -0.05) is 6.07 Å². The Kier molecular flexibility index (Phi) is 6.05. The number of anilines is 1. The maximum Gasteiger partial charge on any atom is 0.347 e. The van der Waals surface area contributed by atoms with Gasteiger partial charge in [-0.15, -0.1) is 0 Å². The number of amides is 1. The second kappa shape index (κ2) is 8.23. The van der Waals surface area contributed by atoms with E-state index in [1.54, 1.807) is 0 Å². The lowest BCUT2D eigenvalue weighted by molar-refractivity contribution is -0.159. The highest BCUT2D eigenvalue weighted by Crippen LogP contribution is 2.14. The van der Waals surface area contributed by atoms with E-state index in [-0.39, 0.29) is 5.69 Å². The van der Waals surface area contributed by atoms with Crippen LogP contribution in [0.4, 0.5) is 14.5 Å². The predicted molar refractivity (Wildman–Crippen MR) is 87.1 cm³/mol. The second-order valence-corrected chi connectivity index (χ2v) is 5.29. The number of carbonyl (C=O) groups excluding carboxylic acids is 2. The molecule has 2 aromatic carbocycles. The van der Waals surface area contributed by atoms with Crippen molar-refractivity contribution in [2.45, 2.75) is 26.1 Å². The minimum absolute atomic E-state index is 0.253. The molecule has 0 saturated heterocycles. The number of hydrogen-bond acceptors (Lipinski definition) is 4. The van der Waals surface area contributed by atoms with Crippen LogP contribution in [0.25, 0.3) is 0 Å². The summed E-state index contributed by atoms with van der Waals surface area (Å²) in [7, 11) is 0. The number of carbonyl (C=O) groups is 2. The van der Waals surface area contributed by atoms with Gasteiger partial charge in [-0.3, -0.25) is 4.79 Å². The van der Waals surface area contributed by atoms with Crippen molar-refractivity contribution >= 4 is 17.6 Å². The quantitative estimate of drug-likeness (QED) is 0.813. The Labute approximate surface area is 143 Å². The van der Waals surface area contributed by atoms with Crippen molar-refractivity contribution in [1.29, 1.82) is 0 Å². The first-order valence-corrected chi connectivity index (χ1v) is 7.54. The number of esters is 1. The highest BCUT2D eigenvalue weighted by Gasteiger charge is 2.23. The van der Waals surface area contributed by atoms with Gasteiger partial charge in [0.05, 0.1) is 0 Å². The summed E-state index contributed by atoms with van der Waals surface area (Å²) in [5.41, 5.74) is 0.253. The van der Waals surface area contributed by atoms with E-state index in [1.807, 2.05) is 0 Å². The molecule has 0 aliphatic rings. The van der Waals surface area contributed by atoms with Crippen LogP contribution in [0.15, 0.2) is 48.5 Å². The van der Waals surface area contributed by atoms with E-state index in [2.05, 4.69) is 5.32 Å². The van der Waals surface area contributed by atoms with E-state index in [0.717, 1.165) is 6.07 Å². The van der Waals surface area contributed by atoms with Crippen molar-refractivity contribution in [1.82, 2.24) is 0 Å². The minimum atomic E-state index is -1.10. The fraction of sp³-hybridized carbons (Fsp3) is 0.222. The average Bonchev–Trinajstić information content (AvgIpc) is 2.56. The third-order valence-corrected chi connectivity index (χ3v) is 3.21. The first-order valence-electron chi connectivity index (χ1n) is 7.54. The van der Waals surface area contributed by atoms with Crippen LogP contribution >= 0.6 is 0 Å². The number of nitrogens with one attached hydrogen (secondary N) is 1. The molecule has 0 fully saturated rings. The van der Waals surface area contributed by atoms with E-state index in [1.165, 1.54) is 56.3 Å². The summed E-state index contributed by atoms with van der Waals surface area (Å²) in [5.74, 6) is -1.99. The fourth-order valence-corrected chi connectivity index (χ4v) is 1.90. The highest BCUT2D eigenvalue weighted by atomic mass is 19.1. The van der Waals surface area contributed by atoms with Crippen molar-refractivity contribution in [2.75, 3.05) is 5.32 Å². The molecule has 0 aromatic heterocycles. The van der Waals surface area contributed by atoms with Crippen molar-refractivity contribution in [3.8, 4) is 5.75 Å². The summed E-state index contributed by atoms with van der Waals surface area (Å²) < 4.78 is 36.3. The molecular weight excluding hydrogens is 332 g/mol. The summed E-state index contributed by atoms with van der Waals surface area (Å²) in [6, 6.07) is 10.5. The average molecular weight is 349 g/mol. The lowest BCUT2D eigenvalue weighted by Crippen LogP contribution is -2.35. The first kappa shape index (κ1) is 18.4. The molecule has 0 radical (unpaired) electrons. The van der Waals surface area contributed by atoms with Gasteiger partial charge in [0, 0.05) is 5.69 Å². The lowest BCUT2D eigenvalue weighted by atomic mass is 10.3. The molecule has 132 valence electrons. The molecule has 25 heavy (non-hydrogen) atoms. The smallest absolute Gasteiger partial charge is 0.347 e. The molecule has 2 rings (SSSR count). The van der Waals surface area contributed by atoms with E-state index in [4.69, 9.17) is 9.47 Å². The Morgan fingerprint density at radius 1 is 0.960 bits per heavy atom. The normalized spacial score (nSPS) is 12.8. The van der Waals surface area contributed by atoms with Crippen molar-refractivity contribution < 1.29 is 27.8 Å². The molecule has 0 unspecified atom stereocenters. The molecule has 0 saturated carbocycles. The van der Waals surface area contributed by atoms with Crippen LogP contribution in [-0.4, -0.2) is 24.1 Å². The number of halogens is 2. The molecule has 2 atom stereocenters. The van der Waals surface area contributed by atoms with Crippen molar-refractivity contribution in [3.63, 3.8) is 0 Å². The van der Waals surface area contributed by atoms with Gasteiger partial charge in [-0.25, -0.2) is 13.6 Å². The Balaban J connectivity index is 1.87. The van der Waals surface area contributed by atoms with Crippen LogP contribution < -0.4 is 10.1 Å². The Bertz CT molecular complexity index is 749. The van der Waals surface area contributed by atoms with Gasteiger partial charge in [0.2, 0.25) is 0 Å². The van der Waals surface area contributed by atoms with Crippen molar-refractivity contribution in [3.05, 3.63) is 60.2 Å². The number of ether oxygens (including phenoxy) is 2. The first-order chi connectivity index (χ1) is 11.8. The summed E-state index contributed by atoms with van der Waals surface area (Å²) in [6.07, 6.45) is -2.09. The number of rotatable bonds is 6. The van der Waals surface area contributed by atoms with Gasteiger partial charge in [-0.2, -0.15) is 0 Å². The van der Waals surface area contributed by atoms with Gasteiger partial charge in [0.25, 0.3) is 5.91 Å². The zero-order valence-electron chi connectivity index (χ0n) is 13.7. The molecular formula is C18H17F2NO4. The van der Waals surface area contributed by atoms with E-state index < -0.39 is 35.7 Å². The van der Waals surface area contributed by atoms with E-state index in [9.17, 15) is 18.4 Å². The highest BCUT2D eigenvalue weighted by molar-refractivity contribution is 5.95. The summed E-state index contributed by atoms with van der Waals surface area (Å²) in [6.45, 7) is 2.83. The van der Waals surface area contributed by atoms with Crippen molar-refractivity contribution in [2.24, 2.45) is 0 Å². The van der Waals surface area contributed by atoms with Crippen LogP contribution in [0, 0.1) is 11.6 Å². The molecule has 5 nitrogen and oxygen atoms in total. The van der Waals surface area contributed by atoms with Crippen LogP contribution in [0.3, 0.4) is 0 Å². The molecule has 7 heteroatoms. The van der Waals surface area contributed by atoms with Gasteiger partial charge in [0.15, 0.2) is 12.2 Å². The van der Waals surface area contributed by atoms with E-state index >= 15 is 0 Å². The Hall–Kier alpha value is -2.96. The van der Waals surface area contributed by atoms with Crippen LogP contribution in [-0.2, 0) is 14.3 Å². The van der Waals surface area contributed by atoms with Gasteiger partial charge in [-0.05, 0) is 56.3 Å². The summed E-state index contributed by atoms with van der Waals surface area (Å²) in [5, 5.41) is 2.44. The molecule has 0 heterocycles. The Morgan fingerprint density at radius 3 is 2.28 bits per heavy atom. The van der Waals surface area contributed by atoms with Gasteiger partial charge < -0.3 is 14.8 Å². The molecule has 0 bridgehead atoms. The topological polar surface area (TPSA) is 64.6 Å². The standard InChI is InChI=1S/C18H17F2NO4/c1-11(17(22)21-15-5-3-4-14(20)10-15)25-18(23)12(2)24-16-8-6-13(19)7-9-16/h3-12H,1-2H3,(H,21,22)/t11-,12-/m1/s1. The predicted octanol–water partition coefficient (Wildman–Crippen LogP) is 3.30. The summed E-state index contributed by atoms with van der Waals surface area (Å²) in [4.78, 5) is 24.0. The zero-order valence-corrected chi connectivity index (χ0v) is 13.7. The number of benzene rings is 2. The van der Waals surface area contributed by atoms with Crippen LogP contribution in [0.1, 0.15) is 13.8 Å². The SMILES string of the molecule is C[C@@H](OC(=O)[C@@H](C)Oc1ccc(F)cc1)C(=O)Nc1cccc(F)c1. The van der Waals surface area contributed by atoms with Gasteiger partial charge >= 0.3 is 5.97 Å². The monoisotopic (exact) mass is 349 g/mol. The molecule has 0 spiro atoms. The number of hydrogen-bond donors (Lipinski definition) is 1. The molecule has 2 aromatic rings. The van der Waals surface area contributed by atoms with E-state index in [0.29, 0.717) is 5.75 Å². The zero-order chi connectivity index (χ0) is 18.4. The molecule has 0 aliphatic carbocycles. The van der Waals surface area contributed by atoms with Crippen LogP contribution in [0.5, 0.6) is 5.75 Å². The largest absolute Gasteiger partial charge is 0.479 e. The molecule has 1 N–H and O–H groups in total. The molecule has 1 amide bonds. The lowest BCUT2D eigenvalue weighted by Gasteiger charge is -2.17. The maximum absolute atomic E-state index is 13.1. The molecule has 0 aliphatic heterocycles. The summed E-state index contributed by atoms with van der Waals surface area (Å²) >= 11 is 0. The third kappa shape index (κ3) is 5.56. The van der Waals surface area contributed by atoms with Gasteiger partial charge in [0.1, 0.15) is 17.4 Å². The second-order valence-electron chi connectivity index (χ2n) is 5.29. The maximum atomic E-state index is 13.1. The fourth-order valence-electron chi connectivity index (χ4n) is 1.90. The Morgan fingerprint density at radius 2 is 1.64 bits per heavy atom. The minimum Gasteiger partial charge on any atom is -0.479 e. The third-order valence-electron chi connectivity index (χ3n) is 3.21.